The molecule has 0 bridgehead atoms. The van der Waals surface area contributed by atoms with Crippen molar-refractivity contribution in [3.63, 3.8) is 0 Å². The van der Waals surface area contributed by atoms with Crippen molar-refractivity contribution >= 4 is 23.4 Å². The van der Waals surface area contributed by atoms with Crippen LogP contribution in [0.1, 0.15) is 5.56 Å². The van der Waals surface area contributed by atoms with E-state index < -0.39 is 5.97 Å². The molecule has 100 valence electrons. The van der Waals surface area contributed by atoms with Crippen LogP contribution in [0.5, 0.6) is 0 Å². The van der Waals surface area contributed by atoms with Gasteiger partial charge in [-0.05, 0) is 6.07 Å². The third-order valence-electron chi connectivity index (χ3n) is 3.02. The minimum absolute atomic E-state index is 0.0488. The molecule has 0 aliphatic carbocycles. The van der Waals surface area contributed by atoms with Crippen LogP contribution in [0.4, 0.5) is 5.82 Å². The van der Waals surface area contributed by atoms with Crippen LogP contribution < -0.4 is 4.90 Å². The molecular formula is C12H13ClN4O2. The Bertz CT molecular complexity index is 521. The zero-order valence-electron chi connectivity index (χ0n) is 10.2. The number of hydrogen-bond donors (Lipinski definition) is 1. The van der Waals surface area contributed by atoms with Crippen molar-refractivity contribution in [2.75, 3.05) is 37.6 Å². The molecule has 1 aliphatic heterocycles. The molecule has 0 saturated carbocycles. The number of rotatable bonds is 3. The zero-order chi connectivity index (χ0) is 13.8. The zero-order valence-corrected chi connectivity index (χ0v) is 11.0. The van der Waals surface area contributed by atoms with E-state index in [0.717, 1.165) is 0 Å². The van der Waals surface area contributed by atoms with Gasteiger partial charge < -0.3 is 10.0 Å². The monoisotopic (exact) mass is 280 g/mol. The van der Waals surface area contributed by atoms with Gasteiger partial charge in [-0.15, -0.1) is 0 Å². The van der Waals surface area contributed by atoms with Crippen LogP contribution in [0.15, 0.2) is 12.3 Å². The molecule has 7 heteroatoms. The van der Waals surface area contributed by atoms with Crippen molar-refractivity contribution in [2.24, 2.45) is 0 Å². The number of carboxylic acid groups (broad SMARTS) is 1. The minimum atomic E-state index is -0.823. The van der Waals surface area contributed by atoms with E-state index in [4.69, 9.17) is 22.0 Å². The van der Waals surface area contributed by atoms with Gasteiger partial charge in [0.15, 0.2) is 0 Å². The van der Waals surface area contributed by atoms with E-state index in [1.165, 1.54) is 0 Å². The summed E-state index contributed by atoms with van der Waals surface area (Å²) in [4.78, 5) is 18.7. The number of carbonyl (C=O) groups is 1. The van der Waals surface area contributed by atoms with Crippen molar-refractivity contribution in [1.82, 2.24) is 9.88 Å². The molecule has 0 amide bonds. The van der Waals surface area contributed by atoms with Gasteiger partial charge in [-0.3, -0.25) is 9.69 Å². The maximum absolute atomic E-state index is 10.6. The molecule has 2 rings (SSSR count). The lowest BCUT2D eigenvalue weighted by Crippen LogP contribution is -2.48. The van der Waals surface area contributed by atoms with Gasteiger partial charge in [-0.25, -0.2) is 4.98 Å². The number of nitrogens with zero attached hydrogens (tertiary/aromatic N) is 4. The Morgan fingerprint density at radius 2 is 2.16 bits per heavy atom. The molecule has 1 aliphatic rings. The fourth-order valence-electron chi connectivity index (χ4n) is 2.05. The molecule has 1 N–H and O–H groups in total. The number of hydrogen-bond acceptors (Lipinski definition) is 5. The van der Waals surface area contributed by atoms with Crippen LogP contribution in [0.3, 0.4) is 0 Å². The Morgan fingerprint density at radius 1 is 1.47 bits per heavy atom. The lowest BCUT2D eigenvalue weighted by molar-refractivity contribution is -0.138. The van der Waals surface area contributed by atoms with Gasteiger partial charge >= 0.3 is 5.97 Å². The van der Waals surface area contributed by atoms with Gasteiger partial charge in [0.25, 0.3) is 0 Å². The van der Waals surface area contributed by atoms with Crippen LogP contribution >= 0.6 is 11.6 Å². The molecule has 6 nitrogen and oxygen atoms in total. The smallest absolute Gasteiger partial charge is 0.317 e. The summed E-state index contributed by atoms with van der Waals surface area (Å²) in [7, 11) is 0. The van der Waals surface area contributed by atoms with Crippen LogP contribution in [-0.4, -0.2) is 53.7 Å². The first kappa shape index (κ1) is 13.6. The number of piperazine rings is 1. The van der Waals surface area contributed by atoms with Gasteiger partial charge in [0, 0.05) is 32.4 Å². The number of pyridine rings is 1. The number of nitriles is 1. The summed E-state index contributed by atoms with van der Waals surface area (Å²) in [5.74, 6) is -0.230. The van der Waals surface area contributed by atoms with Crippen molar-refractivity contribution in [2.45, 2.75) is 0 Å². The Morgan fingerprint density at radius 3 is 2.74 bits per heavy atom. The summed E-state index contributed by atoms with van der Waals surface area (Å²) < 4.78 is 0. The van der Waals surface area contributed by atoms with Crippen molar-refractivity contribution < 1.29 is 9.90 Å². The van der Waals surface area contributed by atoms with E-state index in [9.17, 15) is 4.79 Å². The van der Waals surface area contributed by atoms with Crippen molar-refractivity contribution in [3.8, 4) is 6.07 Å². The largest absolute Gasteiger partial charge is 0.480 e. The number of carboxylic acids is 1. The third-order valence-corrected chi connectivity index (χ3v) is 3.39. The molecule has 19 heavy (non-hydrogen) atoms. The SMILES string of the molecule is N#Cc1ccnc(N2CCN(CC(=O)O)CC2)c1Cl. The summed E-state index contributed by atoms with van der Waals surface area (Å²) in [6, 6.07) is 3.60. The maximum Gasteiger partial charge on any atom is 0.317 e. The quantitative estimate of drug-likeness (QED) is 0.883. The van der Waals surface area contributed by atoms with Crippen LogP contribution in [0, 0.1) is 11.3 Å². The first-order valence-corrected chi connectivity index (χ1v) is 6.23. The topological polar surface area (TPSA) is 80.5 Å². The Kier molecular flexibility index (Phi) is 4.20. The molecule has 2 heterocycles. The fourth-order valence-corrected chi connectivity index (χ4v) is 2.32. The Hall–Kier alpha value is -1.84. The molecule has 0 atom stereocenters. The van der Waals surface area contributed by atoms with E-state index in [1.807, 2.05) is 15.9 Å². The Labute approximate surface area is 115 Å². The molecule has 0 unspecified atom stereocenters. The highest BCUT2D eigenvalue weighted by molar-refractivity contribution is 6.34. The second kappa shape index (κ2) is 5.87. The van der Waals surface area contributed by atoms with Crippen LogP contribution in [0.2, 0.25) is 5.02 Å². The third kappa shape index (κ3) is 3.13. The lowest BCUT2D eigenvalue weighted by Gasteiger charge is -2.34. The molecule has 0 spiro atoms. The first-order chi connectivity index (χ1) is 9.11. The minimum Gasteiger partial charge on any atom is -0.480 e. The summed E-state index contributed by atoms with van der Waals surface area (Å²) >= 11 is 6.13. The van der Waals surface area contributed by atoms with E-state index in [0.29, 0.717) is 42.6 Å². The van der Waals surface area contributed by atoms with E-state index in [-0.39, 0.29) is 6.54 Å². The van der Waals surface area contributed by atoms with Crippen molar-refractivity contribution in [3.05, 3.63) is 22.8 Å². The van der Waals surface area contributed by atoms with Crippen LogP contribution in [0.25, 0.3) is 0 Å². The van der Waals surface area contributed by atoms with Gasteiger partial charge in [-0.1, -0.05) is 11.6 Å². The predicted octanol–water partition coefficient (Wildman–Crippen LogP) is 0.813. The molecule has 1 saturated heterocycles. The maximum atomic E-state index is 10.6. The average Bonchev–Trinajstić information content (AvgIpc) is 2.39. The van der Waals surface area contributed by atoms with Crippen molar-refractivity contribution in [1.29, 1.82) is 5.26 Å². The number of aromatic nitrogens is 1. The van der Waals surface area contributed by atoms with Gasteiger partial charge in [0.1, 0.15) is 16.9 Å². The highest BCUT2D eigenvalue weighted by atomic mass is 35.5. The molecule has 1 aromatic heterocycles. The average molecular weight is 281 g/mol. The highest BCUT2D eigenvalue weighted by Crippen LogP contribution is 2.27. The molecule has 1 fully saturated rings. The second-order valence-electron chi connectivity index (χ2n) is 4.26. The normalized spacial score (nSPS) is 16.1. The van der Waals surface area contributed by atoms with E-state index >= 15 is 0 Å². The molecule has 0 radical (unpaired) electrons. The van der Waals surface area contributed by atoms with Crippen LogP contribution in [-0.2, 0) is 4.79 Å². The fraction of sp³-hybridized carbons (Fsp3) is 0.417. The summed E-state index contributed by atoms with van der Waals surface area (Å²) in [5, 5.41) is 18.0. The van der Waals surface area contributed by atoms with E-state index in [2.05, 4.69) is 4.98 Å². The molecule has 1 aromatic rings. The number of halogens is 1. The van der Waals surface area contributed by atoms with Gasteiger partial charge in [0.2, 0.25) is 0 Å². The number of aliphatic carboxylic acids is 1. The lowest BCUT2D eigenvalue weighted by atomic mass is 10.2. The standard InChI is InChI=1S/C12H13ClN4O2/c13-11-9(7-14)1-2-15-12(11)17-5-3-16(4-6-17)8-10(18)19/h1-2H,3-6,8H2,(H,18,19). The Balaban J connectivity index is 2.06. The second-order valence-corrected chi connectivity index (χ2v) is 4.64. The first-order valence-electron chi connectivity index (χ1n) is 5.85. The summed E-state index contributed by atoms with van der Waals surface area (Å²) in [6.45, 7) is 2.62. The van der Waals surface area contributed by atoms with E-state index in [1.54, 1.807) is 12.3 Å². The summed E-state index contributed by atoms with van der Waals surface area (Å²) in [5.41, 5.74) is 0.402. The highest BCUT2D eigenvalue weighted by Gasteiger charge is 2.22. The molecule has 0 aromatic carbocycles. The summed E-state index contributed by atoms with van der Waals surface area (Å²) in [6.07, 6.45) is 1.56. The predicted molar refractivity (Wildman–Crippen MR) is 70.3 cm³/mol. The van der Waals surface area contributed by atoms with Gasteiger partial charge in [-0.2, -0.15) is 5.26 Å². The van der Waals surface area contributed by atoms with Gasteiger partial charge in [0.05, 0.1) is 12.1 Å². The number of anilines is 1. The molecular weight excluding hydrogens is 268 g/mol.